The molecular weight excluding hydrogens is 235 g/mol. The topological polar surface area (TPSA) is 29.5 Å². The second kappa shape index (κ2) is 5.07. The summed E-state index contributed by atoms with van der Waals surface area (Å²) >= 11 is 0. The van der Waals surface area contributed by atoms with E-state index < -0.39 is 18.7 Å². The summed E-state index contributed by atoms with van der Waals surface area (Å²) < 4.78 is 40.9. The van der Waals surface area contributed by atoms with Crippen LogP contribution in [0.5, 0.6) is 0 Å². The van der Waals surface area contributed by atoms with E-state index in [2.05, 4.69) is 4.74 Å². The number of nitrogens with zero attached hydrogens (tertiary/aromatic N) is 1. The standard InChI is InChI=1S/C11H12F3NO2/c1-15(7-11(12,13)14)9-5-3-8(4-6-9)10(16)17-2/h3-6H,7H2,1-2H3. The van der Waals surface area contributed by atoms with E-state index in [1.807, 2.05) is 0 Å². The minimum atomic E-state index is -4.25. The van der Waals surface area contributed by atoms with Crippen molar-refractivity contribution in [1.82, 2.24) is 0 Å². The molecule has 0 N–H and O–H groups in total. The van der Waals surface area contributed by atoms with Gasteiger partial charge in [0.1, 0.15) is 6.54 Å². The van der Waals surface area contributed by atoms with Crippen LogP contribution in [0.1, 0.15) is 10.4 Å². The third-order valence-corrected chi connectivity index (χ3v) is 2.15. The Hall–Kier alpha value is -1.72. The zero-order valence-corrected chi connectivity index (χ0v) is 9.41. The second-order valence-corrected chi connectivity index (χ2v) is 3.51. The molecule has 0 radical (unpaired) electrons. The van der Waals surface area contributed by atoms with Crippen LogP contribution in [0.25, 0.3) is 0 Å². The molecular formula is C11H12F3NO2. The van der Waals surface area contributed by atoms with Gasteiger partial charge in [0.15, 0.2) is 0 Å². The summed E-state index contributed by atoms with van der Waals surface area (Å²) in [6.45, 7) is -1.04. The van der Waals surface area contributed by atoms with Crippen LogP contribution in [-0.2, 0) is 4.74 Å². The van der Waals surface area contributed by atoms with Gasteiger partial charge in [-0.25, -0.2) is 4.79 Å². The van der Waals surface area contributed by atoms with E-state index in [-0.39, 0.29) is 0 Å². The first-order chi connectivity index (χ1) is 7.83. The minimum Gasteiger partial charge on any atom is -0.465 e. The summed E-state index contributed by atoms with van der Waals surface area (Å²) in [5.41, 5.74) is 0.687. The highest BCUT2D eigenvalue weighted by Gasteiger charge is 2.29. The number of benzene rings is 1. The number of rotatable bonds is 3. The van der Waals surface area contributed by atoms with Gasteiger partial charge in [0.2, 0.25) is 0 Å². The molecule has 1 aromatic rings. The first-order valence-electron chi connectivity index (χ1n) is 4.80. The fourth-order valence-electron chi connectivity index (χ4n) is 1.33. The Bertz CT molecular complexity index is 387. The van der Waals surface area contributed by atoms with Crippen molar-refractivity contribution < 1.29 is 22.7 Å². The van der Waals surface area contributed by atoms with Gasteiger partial charge in [-0.3, -0.25) is 0 Å². The largest absolute Gasteiger partial charge is 0.465 e. The zero-order valence-electron chi connectivity index (χ0n) is 9.41. The predicted molar refractivity (Wildman–Crippen MR) is 57.1 cm³/mol. The summed E-state index contributed by atoms with van der Waals surface area (Å²) in [7, 11) is 2.58. The highest BCUT2D eigenvalue weighted by molar-refractivity contribution is 5.89. The van der Waals surface area contributed by atoms with Crippen molar-refractivity contribution in [2.24, 2.45) is 0 Å². The van der Waals surface area contributed by atoms with Gasteiger partial charge >= 0.3 is 12.1 Å². The lowest BCUT2D eigenvalue weighted by atomic mass is 10.2. The quantitative estimate of drug-likeness (QED) is 0.768. The molecule has 1 aromatic carbocycles. The second-order valence-electron chi connectivity index (χ2n) is 3.51. The lowest BCUT2D eigenvalue weighted by Crippen LogP contribution is -2.30. The molecule has 0 saturated heterocycles. The molecule has 94 valence electrons. The molecule has 0 aliphatic heterocycles. The van der Waals surface area contributed by atoms with Gasteiger partial charge in [0, 0.05) is 12.7 Å². The van der Waals surface area contributed by atoms with Crippen LogP contribution in [0.4, 0.5) is 18.9 Å². The summed E-state index contributed by atoms with van der Waals surface area (Å²) in [5.74, 6) is -0.518. The Kier molecular flexibility index (Phi) is 3.98. The summed E-state index contributed by atoms with van der Waals surface area (Å²) in [6, 6.07) is 5.73. The molecule has 6 heteroatoms. The normalized spacial score (nSPS) is 11.1. The van der Waals surface area contributed by atoms with Gasteiger partial charge in [-0.05, 0) is 24.3 Å². The third kappa shape index (κ3) is 3.97. The maximum atomic E-state index is 12.1. The van der Waals surface area contributed by atoms with Gasteiger partial charge in [0.05, 0.1) is 12.7 Å². The van der Waals surface area contributed by atoms with E-state index in [1.54, 1.807) is 0 Å². The number of alkyl halides is 3. The molecule has 0 aromatic heterocycles. The fourth-order valence-corrected chi connectivity index (χ4v) is 1.33. The molecule has 17 heavy (non-hydrogen) atoms. The molecule has 0 heterocycles. The first-order valence-corrected chi connectivity index (χ1v) is 4.80. The molecule has 0 spiro atoms. The summed E-state index contributed by atoms with van der Waals surface area (Å²) in [6.07, 6.45) is -4.25. The lowest BCUT2D eigenvalue weighted by Gasteiger charge is -2.20. The van der Waals surface area contributed by atoms with Gasteiger partial charge in [-0.1, -0.05) is 0 Å². The van der Waals surface area contributed by atoms with E-state index in [0.717, 1.165) is 4.90 Å². The van der Waals surface area contributed by atoms with Crippen LogP contribution in [-0.4, -0.2) is 32.8 Å². The molecule has 0 saturated carbocycles. The Morgan fingerprint density at radius 3 is 2.24 bits per heavy atom. The van der Waals surface area contributed by atoms with E-state index in [1.165, 1.54) is 38.4 Å². The number of hydrogen-bond donors (Lipinski definition) is 0. The summed E-state index contributed by atoms with van der Waals surface area (Å²) in [5, 5.41) is 0. The number of ether oxygens (including phenoxy) is 1. The van der Waals surface area contributed by atoms with E-state index in [0.29, 0.717) is 11.3 Å². The Morgan fingerprint density at radius 1 is 1.29 bits per heavy atom. The smallest absolute Gasteiger partial charge is 0.405 e. The van der Waals surface area contributed by atoms with Crippen molar-refractivity contribution in [3.63, 3.8) is 0 Å². The Labute approximate surface area is 96.8 Å². The van der Waals surface area contributed by atoms with Gasteiger partial charge in [0.25, 0.3) is 0 Å². The van der Waals surface area contributed by atoms with E-state index in [9.17, 15) is 18.0 Å². The van der Waals surface area contributed by atoms with Gasteiger partial charge < -0.3 is 9.64 Å². The summed E-state index contributed by atoms with van der Waals surface area (Å²) in [4.78, 5) is 12.2. The fraction of sp³-hybridized carbons (Fsp3) is 0.364. The van der Waals surface area contributed by atoms with Crippen LogP contribution in [0, 0.1) is 0 Å². The number of esters is 1. The number of carbonyl (C=O) groups is 1. The highest BCUT2D eigenvalue weighted by Crippen LogP contribution is 2.21. The van der Waals surface area contributed by atoms with Crippen LogP contribution in [0.15, 0.2) is 24.3 Å². The number of carbonyl (C=O) groups excluding carboxylic acids is 1. The first kappa shape index (κ1) is 13.3. The van der Waals surface area contributed by atoms with Gasteiger partial charge in [-0.2, -0.15) is 13.2 Å². The Morgan fingerprint density at radius 2 is 1.82 bits per heavy atom. The van der Waals surface area contributed by atoms with Crippen LogP contribution < -0.4 is 4.90 Å². The maximum absolute atomic E-state index is 12.1. The predicted octanol–water partition coefficient (Wildman–Crippen LogP) is 2.47. The molecule has 0 bridgehead atoms. The van der Waals surface area contributed by atoms with Crippen molar-refractivity contribution in [2.75, 3.05) is 25.6 Å². The molecule has 3 nitrogen and oxygen atoms in total. The zero-order chi connectivity index (χ0) is 13.1. The lowest BCUT2D eigenvalue weighted by molar-refractivity contribution is -0.119. The average Bonchev–Trinajstić information content (AvgIpc) is 2.26. The number of methoxy groups -OCH3 is 1. The number of halogens is 3. The van der Waals surface area contributed by atoms with E-state index >= 15 is 0 Å². The van der Waals surface area contributed by atoms with Crippen molar-refractivity contribution in [3.05, 3.63) is 29.8 Å². The van der Waals surface area contributed by atoms with Crippen molar-refractivity contribution >= 4 is 11.7 Å². The Balaban J connectivity index is 2.77. The average molecular weight is 247 g/mol. The number of hydrogen-bond acceptors (Lipinski definition) is 3. The molecule has 0 unspecified atom stereocenters. The molecule has 0 fully saturated rings. The van der Waals surface area contributed by atoms with Crippen LogP contribution in [0.3, 0.4) is 0 Å². The van der Waals surface area contributed by atoms with Crippen LogP contribution in [0.2, 0.25) is 0 Å². The monoisotopic (exact) mass is 247 g/mol. The third-order valence-electron chi connectivity index (χ3n) is 2.15. The SMILES string of the molecule is COC(=O)c1ccc(N(C)CC(F)(F)F)cc1. The molecule has 0 amide bonds. The molecule has 0 atom stereocenters. The minimum absolute atomic E-state index is 0.302. The molecule has 0 aliphatic rings. The van der Waals surface area contributed by atoms with Crippen LogP contribution >= 0.6 is 0 Å². The van der Waals surface area contributed by atoms with Gasteiger partial charge in [-0.15, -0.1) is 0 Å². The van der Waals surface area contributed by atoms with Crippen molar-refractivity contribution in [2.45, 2.75) is 6.18 Å². The van der Waals surface area contributed by atoms with Crippen molar-refractivity contribution in [3.8, 4) is 0 Å². The maximum Gasteiger partial charge on any atom is 0.405 e. The molecule has 0 aliphatic carbocycles. The van der Waals surface area contributed by atoms with Crippen molar-refractivity contribution in [1.29, 1.82) is 0 Å². The molecule has 1 rings (SSSR count). The van der Waals surface area contributed by atoms with E-state index in [4.69, 9.17) is 0 Å². The number of anilines is 1. The highest BCUT2D eigenvalue weighted by atomic mass is 19.4.